The van der Waals surface area contributed by atoms with Gasteiger partial charge in [-0.1, -0.05) is 27.7 Å². The standard InChI is InChI=1S/C17H22N2O4.C14H16N2O4/c1-12(8-9-18-13(20)4-5-14(18)21)10-17(2,3)11-19-15(22)6-7-16(19)23;1-10(9-16-13(19)6-7-14(16)20)3-2-8-15-11(17)4-5-12(15)18/h4-7,12H,8-11H2,1-3H3;4-7,10H,2-3,8-9H2,1H3. The van der Waals surface area contributed by atoms with Gasteiger partial charge in [0.05, 0.1) is 0 Å². The molecule has 2 unspecified atom stereocenters. The third-order valence-electron chi connectivity index (χ3n) is 7.51. The first-order valence-electron chi connectivity index (χ1n) is 14.3. The summed E-state index contributed by atoms with van der Waals surface area (Å²) < 4.78 is 0. The molecule has 4 heterocycles. The van der Waals surface area contributed by atoms with E-state index in [9.17, 15) is 38.4 Å². The zero-order chi connectivity index (χ0) is 31.9. The molecule has 4 aliphatic heterocycles. The van der Waals surface area contributed by atoms with Crippen LogP contribution in [0.25, 0.3) is 0 Å². The topological polar surface area (TPSA) is 150 Å². The van der Waals surface area contributed by atoms with E-state index in [2.05, 4.69) is 0 Å². The molecule has 0 N–H and O–H groups in total. The van der Waals surface area contributed by atoms with Crippen LogP contribution in [0.4, 0.5) is 0 Å². The van der Waals surface area contributed by atoms with E-state index in [1.54, 1.807) is 0 Å². The second-order valence-corrected chi connectivity index (χ2v) is 12.0. The summed E-state index contributed by atoms with van der Waals surface area (Å²) in [6.45, 7) is 9.50. The molecule has 0 bridgehead atoms. The lowest BCUT2D eigenvalue weighted by Gasteiger charge is -2.32. The maximum Gasteiger partial charge on any atom is 0.253 e. The van der Waals surface area contributed by atoms with E-state index in [1.807, 2.05) is 27.7 Å². The lowest BCUT2D eigenvalue weighted by atomic mass is 9.81. The van der Waals surface area contributed by atoms with Crippen LogP contribution < -0.4 is 0 Å². The molecular weight excluding hydrogens is 556 g/mol. The molecular formula is C31H38N4O8. The van der Waals surface area contributed by atoms with Crippen LogP contribution in [0.15, 0.2) is 48.6 Å². The highest BCUT2D eigenvalue weighted by atomic mass is 16.2. The van der Waals surface area contributed by atoms with Crippen molar-refractivity contribution in [2.45, 2.75) is 53.4 Å². The first kappa shape index (κ1) is 33.0. The summed E-state index contributed by atoms with van der Waals surface area (Å²) in [6.07, 6.45) is 13.1. The maximum absolute atomic E-state index is 11.6. The van der Waals surface area contributed by atoms with E-state index >= 15 is 0 Å². The van der Waals surface area contributed by atoms with Crippen molar-refractivity contribution in [1.29, 1.82) is 0 Å². The Hall–Kier alpha value is -4.48. The molecule has 2 atom stereocenters. The van der Waals surface area contributed by atoms with Crippen molar-refractivity contribution in [2.24, 2.45) is 17.3 Å². The summed E-state index contributed by atoms with van der Waals surface area (Å²) in [5.41, 5.74) is -0.228. The lowest BCUT2D eigenvalue weighted by Crippen LogP contribution is -2.39. The number of carbonyl (C=O) groups is 8. The van der Waals surface area contributed by atoms with Crippen molar-refractivity contribution in [2.75, 3.05) is 26.2 Å². The van der Waals surface area contributed by atoms with Gasteiger partial charge in [-0.2, -0.15) is 0 Å². The van der Waals surface area contributed by atoms with Gasteiger partial charge in [0.15, 0.2) is 0 Å². The van der Waals surface area contributed by atoms with Gasteiger partial charge in [-0.05, 0) is 42.9 Å². The summed E-state index contributed by atoms with van der Waals surface area (Å²) in [4.78, 5) is 96.7. The van der Waals surface area contributed by atoms with Crippen LogP contribution in [0.5, 0.6) is 0 Å². The number of imide groups is 4. The molecule has 230 valence electrons. The molecule has 0 aliphatic carbocycles. The smallest absolute Gasteiger partial charge is 0.253 e. The molecule has 4 aliphatic rings. The Balaban J connectivity index is 0.000000238. The minimum absolute atomic E-state index is 0.128. The zero-order valence-electron chi connectivity index (χ0n) is 25.0. The van der Waals surface area contributed by atoms with Crippen molar-refractivity contribution in [3.05, 3.63) is 48.6 Å². The monoisotopic (exact) mass is 594 g/mol. The summed E-state index contributed by atoms with van der Waals surface area (Å²) in [6, 6.07) is 0. The van der Waals surface area contributed by atoms with E-state index in [0.717, 1.165) is 12.8 Å². The fourth-order valence-corrected chi connectivity index (χ4v) is 5.39. The third-order valence-corrected chi connectivity index (χ3v) is 7.51. The number of amides is 8. The molecule has 4 rings (SSSR count). The molecule has 0 aromatic rings. The normalized spacial score (nSPS) is 19.5. The number of hydrogen-bond donors (Lipinski definition) is 0. The van der Waals surface area contributed by atoms with Gasteiger partial charge < -0.3 is 0 Å². The van der Waals surface area contributed by atoms with Gasteiger partial charge in [0.1, 0.15) is 0 Å². The molecule has 0 aromatic heterocycles. The van der Waals surface area contributed by atoms with Gasteiger partial charge in [0.25, 0.3) is 47.3 Å². The Kier molecular flexibility index (Phi) is 10.8. The fourth-order valence-electron chi connectivity index (χ4n) is 5.39. The van der Waals surface area contributed by atoms with Gasteiger partial charge in [-0.3, -0.25) is 58.0 Å². The molecule has 0 aromatic carbocycles. The van der Waals surface area contributed by atoms with Crippen LogP contribution in [0.2, 0.25) is 0 Å². The molecule has 0 saturated carbocycles. The summed E-state index contributed by atoms with van der Waals surface area (Å²) in [5.74, 6) is -1.80. The highest BCUT2D eigenvalue weighted by Crippen LogP contribution is 2.29. The average Bonchev–Trinajstić information content (AvgIpc) is 3.64. The number of nitrogens with zero attached hydrogens (tertiary/aromatic N) is 4. The summed E-state index contributed by atoms with van der Waals surface area (Å²) in [7, 11) is 0. The van der Waals surface area contributed by atoms with E-state index in [1.165, 1.54) is 68.2 Å². The summed E-state index contributed by atoms with van der Waals surface area (Å²) in [5, 5.41) is 0. The van der Waals surface area contributed by atoms with Gasteiger partial charge in [0, 0.05) is 74.8 Å². The molecule has 12 heteroatoms. The second kappa shape index (κ2) is 14.1. The van der Waals surface area contributed by atoms with Gasteiger partial charge in [-0.15, -0.1) is 0 Å². The minimum Gasteiger partial charge on any atom is -0.275 e. The quantitative estimate of drug-likeness (QED) is 0.292. The molecule has 0 spiro atoms. The van der Waals surface area contributed by atoms with E-state index < -0.39 is 0 Å². The molecule has 12 nitrogen and oxygen atoms in total. The highest BCUT2D eigenvalue weighted by molar-refractivity contribution is 6.14. The Bertz CT molecular complexity index is 1250. The first-order chi connectivity index (χ1) is 20.2. The van der Waals surface area contributed by atoms with Crippen molar-refractivity contribution in [3.63, 3.8) is 0 Å². The lowest BCUT2D eigenvalue weighted by molar-refractivity contribution is -0.140. The van der Waals surface area contributed by atoms with E-state index in [0.29, 0.717) is 39.0 Å². The van der Waals surface area contributed by atoms with Crippen LogP contribution in [0.3, 0.4) is 0 Å². The molecule has 43 heavy (non-hydrogen) atoms. The number of hydrogen-bond acceptors (Lipinski definition) is 8. The summed E-state index contributed by atoms with van der Waals surface area (Å²) >= 11 is 0. The van der Waals surface area contributed by atoms with Crippen LogP contribution >= 0.6 is 0 Å². The Morgan fingerprint density at radius 3 is 1.33 bits per heavy atom. The van der Waals surface area contributed by atoms with Gasteiger partial charge >= 0.3 is 0 Å². The number of carbonyl (C=O) groups excluding carboxylic acids is 8. The maximum atomic E-state index is 11.6. The average molecular weight is 595 g/mol. The van der Waals surface area contributed by atoms with Crippen molar-refractivity contribution < 1.29 is 38.4 Å². The SMILES string of the molecule is CC(CCCN1C(=O)C=CC1=O)CN1C(=O)C=CC1=O.CC(CCN1C(=O)C=CC1=O)CC(C)(C)CN1C(=O)C=CC1=O. The Morgan fingerprint density at radius 2 is 0.884 bits per heavy atom. The zero-order valence-corrected chi connectivity index (χ0v) is 25.0. The minimum atomic E-state index is -0.282. The molecule has 0 radical (unpaired) electrons. The molecule has 8 amide bonds. The van der Waals surface area contributed by atoms with E-state index in [-0.39, 0.29) is 64.5 Å². The Labute approximate surface area is 250 Å². The predicted octanol–water partition coefficient (Wildman–Crippen LogP) is 1.53. The second-order valence-electron chi connectivity index (χ2n) is 12.0. The van der Waals surface area contributed by atoms with Crippen molar-refractivity contribution >= 4 is 47.3 Å². The first-order valence-corrected chi connectivity index (χ1v) is 14.3. The fraction of sp³-hybridized carbons (Fsp3) is 0.484. The van der Waals surface area contributed by atoms with Gasteiger partial charge in [0.2, 0.25) is 0 Å². The predicted molar refractivity (Wildman–Crippen MR) is 154 cm³/mol. The Morgan fingerprint density at radius 1 is 0.512 bits per heavy atom. The van der Waals surface area contributed by atoms with Crippen LogP contribution in [0.1, 0.15) is 53.4 Å². The largest absolute Gasteiger partial charge is 0.275 e. The number of rotatable bonds is 13. The van der Waals surface area contributed by atoms with Crippen LogP contribution in [-0.2, 0) is 38.4 Å². The third kappa shape index (κ3) is 9.00. The van der Waals surface area contributed by atoms with E-state index in [4.69, 9.17) is 0 Å². The van der Waals surface area contributed by atoms with Crippen LogP contribution in [0, 0.1) is 17.3 Å². The van der Waals surface area contributed by atoms with Crippen LogP contribution in [-0.4, -0.2) is 93.0 Å². The van der Waals surface area contributed by atoms with Crippen molar-refractivity contribution in [1.82, 2.24) is 19.6 Å². The highest BCUT2D eigenvalue weighted by Gasteiger charge is 2.32. The van der Waals surface area contributed by atoms with Gasteiger partial charge in [-0.25, -0.2) is 0 Å². The molecule has 0 saturated heterocycles. The van der Waals surface area contributed by atoms with Crippen molar-refractivity contribution in [3.8, 4) is 0 Å². The molecule has 0 fully saturated rings.